The first-order valence-corrected chi connectivity index (χ1v) is 5.05. The summed E-state index contributed by atoms with van der Waals surface area (Å²) in [7, 11) is 0. The number of halogens is 1. The molecule has 0 amide bonds. The molecule has 0 radical (unpaired) electrons. The van der Waals surface area contributed by atoms with Gasteiger partial charge in [-0.05, 0) is 34.5 Å². The number of nitrogens with one attached hydrogen (secondary N) is 1. The Morgan fingerprint density at radius 1 is 1.62 bits per heavy atom. The Bertz CT molecular complexity index is 250. The van der Waals surface area contributed by atoms with Gasteiger partial charge in [-0.3, -0.25) is 0 Å². The minimum atomic E-state index is -0.301. The SMILES string of the molecule is CC[C@H](O)CNc1ccc(Br)cn1. The minimum absolute atomic E-state index is 0.301. The Morgan fingerprint density at radius 3 is 2.92 bits per heavy atom. The standard InChI is InChI=1S/C9H13BrN2O/c1-2-8(13)6-12-9-4-3-7(10)5-11-9/h3-5,8,13H,2,6H2,1H3,(H,11,12)/t8-/m0/s1. The summed E-state index contributed by atoms with van der Waals surface area (Å²) in [6.45, 7) is 2.49. The molecule has 1 aromatic rings. The van der Waals surface area contributed by atoms with Crippen molar-refractivity contribution in [2.24, 2.45) is 0 Å². The Kier molecular flexibility index (Phi) is 4.18. The molecule has 1 atom stereocenters. The maximum absolute atomic E-state index is 9.27. The Hall–Kier alpha value is -0.610. The van der Waals surface area contributed by atoms with E-state index in [0.717, 1.165) is 16.7 Å². The lowest BCUT2D eigenvalue weighted by atomic mass is 10.3. The van der Waals surface area contributed by atoms with E-state index in [9.17, 15) is 5.11 Å². The van der Waals surface area contributed by atoms with E-state index >= 15 is 0 Å². The van der Waals surface area contributed by atoms with Crippen LogP contribution in [0, 0.1) is 0 Å². The number of pyridine rings is 1. The second-order valence-corrected chi connectivity index (χ2v) is 3.72. The van der Waals surface area contributed by atoms with Gasteiger partial charge in [-0.1, -0.05) is 6.92 Å². The number of anilines is 1. The van der Waals surface area contributed by atoms with E-state index < -0.39 is 0 Å². The molecule has 0 saturated carbocycles. The molecule has 0 aliphatic carbocycles. The summed E-state index contributed by atoms with van der Waals surface area (Å²) in [5.74, 6) is 0.788. The fraction of sp³-hybridized carbons (Fsp3) is 0.444. The van der Waals surface area contributed by atoms with Gasteiger partial charge in [0.1, 0.15) is 5.82 Å². The monoisotopic (exact) mass is 244 g/mol. The van der Waals surface area contributed by atoms with Gasteiger partial charge in [0.2, 0.25) is 0 Å². The molecule has 1 aromatic heterocycles. The number of aliphatic hydroxyl groups is 1. The molecule has 1 rings (SSSR count). The summed E-state index contributed by atoms with van der Waals surface area (Å²) in [5.41, 5.74) is 0. The first-order valence-electron chi connectivity index (χ1n) is 4.26. The highest BCUT2D eigenvalue weighted by Crippen LogP contribution is 2.10. The molecule has 0 aliphatic heterocycles. The molecule has 4 heteroatoms. The van der Waals surface area contributed by atoms with Gasteiger partial charge < -0.3 is 10.4 Å². The van der Waals surface area contributed by atoms with Crippen LogP contribution >= 0.6 is 15.9 Å². The molecule has 0 spiro atoms. The number of hydrogen-bond acceptors (Lipinski definition) is 3. The summed E-state index contributed by atoms with van der Waals surface area (Å²) in [5, 5.41) is 12.3. The van der Waals surface area contributed by atoms with Crippen molar-refractivity contribution in [2.75, 3.05) is 11.9 Å². The van der Waals surface area contributed by atoms with Gasteiger partial charge in [0.05, 0.1) is 6.10 Å². The summed E-state index contributed by atoms with van der Waals surface area (Å²) >= 11 is 3.30. The first kappa shape index (κ1) is 10.5. The lowest BCUT2D eigenvalue weighted by molar-refractivity contribution is 0.183. The van der Waals surface area contributed by atoms with Crippen LogP contribution in [0.1, 0.15) is 13.3 Å². The molecule has 0 aromatic carbocycles. The molecular formula is C9H13BrN2O. The van der Waals surface area contributed by atoms with Crippen molar-refractivity contribution in [1.82, 2.24) is 4.98 Å². The van der Waals surface area contributed by atoms with Gasteiger partial charge in [-0.25, -0.2) is 4.98 Å². The normalized spacial score (nSPS) is 12.5. The van der Waals surface area contributed by atoms with Crippen molar-refractivity contribution in [2.45, 2.75) is 19.4 Å². The van der Waals surface area contributed by atoms with Crippen LogP contribution in [0.25, 0.3) is 0 Å². The lowest BCUT2D eigenvalue weighted by Crippen LogP contribution is -2.18. The quantitative estimate of drug-likeness (QED) is 0.853. The van der Waals surface area contributed by atoms with E-state index in [2.05, 4.69) is 26.2 Å². The molecule has 2 N–H and O–H groups in total. The van der Waals surface area contributed by atoms with Crippen LogP contribution in [-0.4, -0.2) is 22.7 Å². The van der Waals surface area contributed by atoms with Crippen LogP contribution < -0.4 is 5.32 Å². The van der Waals surface area contributed by atoms with Crippen molar-refractivity contribution < 1.29 is 5.11 Å². The summed E-state index contributed by atoms with van der Waals surface area (Å²) in [6, 6.07) is 3.78. The van der Waals surface area contributed by atoms with Gasteiger partial charge in [0, 0.05) is 17.2 Å². The van der Waals surface area contributed by atoms with Gasteiger partial charge in [-0.2, -0.15) is 0 Å². The van der Waals surface area contributed by atoms with Crippen molar-refractivity contribution in [1.29, 1.82) is 0 Å². The van der Waals surface area contributed by atoms with Gasteiger partial charge in [0.25, 0.3) is 0 Å². The highest BCUT2D eigenvalue weighted by molar-refractivity contribution is 9.10. The molecule has 0 fully saturated rings. The Morgan fingerprint density at radius 2 is 2.38 bits per heavy atom. The van der Waals surface area contributed by atoms with E-state index in [4.69, 9.17) is 0 Å². The van der Waals surface area contributed by atoms with Crippen molar-refractivity contribution in [3.8, 4) is 0 Å². The van der Waals surface area contributed by atoms with E-state index in [0.29, 0.717) is 6.54 Å². The molecular weight excluding hydrogens is 232 g/mol. The number of aromatic nitrogens is 1. The van der Waals surface area contributed by atoms with E-state index in [1.807, 2.05) is 19.1 Å². The third-order valence-corrected chi connectivity index (χ3v) is 2.19. The first-order chi connectivity index (χ1) is 6.22. The van der Waals surface area contributed by atoms with Crippen molar-refractivity contribution in [3.63, 3.8) is 0 Å². The summed E-state index contributed by atoms with van der Waals surface area (Å²) < 4.78 is 0.953. The smallest absolute Gasteiger partial charge is 0.126 e. The lowest BCUT2D eigenvalue weighted by Gasteiger charge is -2.09. The predicted octanol–water partition coefficient (Wildman–Crippen LogP) is 2.03. The third-order valence-electron chi connectivity index (χ3n) is 1.72. The number of hydrogen-bond donors (Lipinski definition) is 2. The van der Waals surface area contributed by atoms with Gasteiger partial charge in [0.15, 0.2) is 0 Å². The van der Waals surface area contributed by atoms with Crippen LogP contribution in [0.4, 0.5) is 5.82 Å². The summed E-state index contributed by atoms with van der Waals surface area (Å²) in [6.07, 6.45) is 2.18. The largest absolute Gasteiger partial charge is 0.391 e. The highest BCUT2D eigenvalue weighted by Gasteiger charge is 1.99. The van der Waals surface area contributed by atoms with E-state index in [1.165, 1.54) is 0 Å². The molecule has 3 nitrogen and oxygen atoms in total. The van der Waals surface area contributed by atoms with Gasteiger partial charge in [-0.15, -0.1) is 0 Å². The predicted molar refractivity (Wildman–Crippen MR) is 56.7 cm³/mol. The number of aliphatic hydroxyl groups excluding tert-OH is 1. The van der Waals surface area contributed by atoms with Crippen molar-refractivity contribution >= 4 is 21.7 Å². The van der Waals surface area contributed by atoms with Crippen molar-refractivity contribution in [3.05, 3.63) is 22.8 Å². The average molecular weight is 245 g/mol. The van der Waals surface area contributed by atoms with E-state index in [1.54, 1.807) is 6.20 Å². The topological polar surface area (TPSA) is 45.1 Å². The molecule has 72 valence electrons. The fourth-order valence-electron chi connectivity index (χ4n) is 0.847. The summed E-state index contributed by atoms with van der Waals surface area (Å²) in [4.78, 5) is 4.12. The van der Waals surface area contributed by atoms with Gasteiger partial charge >= 0.3 is 0 Å². The molecule has 0 saturated heterocycles. The van der Waals surface area contributed by atoms with E-state index in [-0.39, 0.29) is 6.10 Å². The van der Waals surface area contributed by atoms with Crippen LogP contribution in [0.3, 0.4) is 0 Å². The Labute approximate surface area is 86.3 Å². The molecule has 0 aliphatic rings. The third kappa shape index (κ3) is 3.74. The van der Waals surface area contributed by atoms with Crippen LogP contribution in [-0.2, 0) is 0 Å². The second kappa shape index (κ2) is 5.19. The number of nitrogens with zero attached hydrogens (tertiary/aromatic N) is 1. The van der Waals surface area contributed by atoms with Crippen LogP contribution in [0.2, 0.25) is 0 Å². The Balaban J connectivity index is 2.41. The maximum Gasteiger partial charge on any atom is 0.126 e. The average Bonchev–Trinajstić information content (AvgIpc) is 2.16. The number of rotatable bonds is 4. The highest BCUT2D eigenvalue weighted by atomic mass is 79.9. The zero-order valence-corrected chi connectivity index (χ0v) is 9.08. The molecule has 0 bridgehead atoms. The molecule has 0 unspecified atom stereocenters. The molecule has 13 heavy (non-hydrogen) atoms. The van der Waals surface area contributed by atoms with Crippen LogP contribution in [0.15, 0.2) is 22.8 Å². The zero-order valence-electron chi connectivity index (χ0n) is 7.50. The maximum atomic E-state index is 9.27. The minimum Gasteiger partial charge on any atom is -0.391 e. The zero-order chi connectivity index (χ0) is 9.68. The second-order valence-electron chi connectivity index (χ2n) is 2.80. The van der Waals surface area contributed by atoms with Crippen LogP contribution in [0.5, 0.6) is 0 Å². The molecule has 1 heterocycles. The fourth-order valence-corrected chi connectivity index (χ4v) is 1.08.